The maximum absolute atomic E-state index is 13.5. The summed E-state index contributed by atoms with van der Waals surface area (Å²) >= 11 is 0. The first kappa shape index (κ1) is 29.8. The van der Waals surface area contributed by atoms with Crippen molar-refractivity contribution in [3.63, 3.8) is 0 Å². The van der Waals surface area contributed by atoms with Gasteiger partial charge in [-0.25, -0.2) is 0 Å². The van der Waals surface area contributed by atoms with E-state index in [1.165, 1.54) is 24.3 Å². The highest BCUT2D eigenvalue weighted by atomic mass is 19.4. The van der Waals surface area contributed by atoms with Crippen LogP contribution in [0.3, 0.4) is 0 Å². The summed E-state index contributed by atoms with van der Waals surface area (Å²) in [6, 6.07) is 42.3. The lowest BCUT2D eigenvalue weighted by molar-refractivity contribution is -0.138. The van der Waals surface area contributed by atoms with Gasteiger partial charge in [0.15, 0.2) is 0 Å². The Morgan fingerprint density at radius 1 is 0.292 bits per heavy atom. The fourth-order valence-corrected chi connectivity index (χ4v) is 6.86. The van der Waals surface area contributed by atoms with Crippen molar-refractivity contribution in [2.75, 3.05) is 0 Å². The van der Waals surface area contributed by atoms with Crippen LogP contribution in [0.2, 0.25) is 0 Å². The number of hydrogen-bond acceptors (Lipinski definition) is 0. The van der Waals surface area contributed by atoms with Crippen molar-refractivity contribution in [2.24, 2.45) is 0 Å². The molecule has 0 aliphatic heterocycles. The van der Waals surface area contributed by atoms with Crippen molar-refractivity contribution in [3.05, 3.63) is 157 Å². The topological polar surface area (TPSA) is 0 Å². The van der Waals surface area contributed by atoms with Crippen LogP contribution in [0.1, 0.15) is 11.1 Å². The van der Waals surface area contributed by atoms with E-state index in [2.05, 4.69) is 0 Å². The first-order chi connectivity index (χ1) is 23.1. The minimum atomic E-state index is -4.46. The molecule has 234 valence electrons. The van der Waals surface area contributed by atoms with Gasteiger partial charge in [-0.1, -0.05) is 109 Å². The number of halogens is 6. The van der Waals surface area contributed by atoms with Crippen LogP contribution in [0.4, 0.5) is 26.3 Å². The van der Waals surface area contributed by atoms with Crippen molar-refractivity contribution in [2.45, 2.75) is 12.4 Å². The molecule has 0 radical (unpaired) electrons. The van der Waals surface area contributed by atoms with Gasteiger partial charge in [-0.2, -0.15) is 26.3 Å². The van der Waals surface area contributed by atoms with Gasteiger partial charge in [0.1, 0.15) is 0 Å². The van der Waals surface area contributed by atoms with E-state index in [0.29, 0.717) is 11.1 Å². The van der Waals surface area contributed by atoms with Gasteiger partial charge in [0.25, 0.3) is 0 Å². The van der Waals surface area contributed by atoms with Crippen molar-refractivity contribution in [3.8, 4) is 44.5 Å². The van der Waals surface area contributed by atoms with E-state index >= 15 is 0 Å². The summed E-state index contributed by atoms with van der Waals surface area (Å²) in [5.74, 6) is 0. The van der Waals surface area contributed by atoms with Gasteiger partial charge >= 0.3 is 12.4 Å². The summed E-state index contributed by atoms with van der Waals surface area (Å²) in [4.78, 5) is 0. The van der Waals surface area contributed by atoms with E-state index < -0.39 is 23.5 Å². The van der Waals surface area contributed by atoms with Crippen LogP contribution in [0.15, 0.2) is 146 Å². The molecule has 8 aromatic rings. The normalized spacial score (nSPS) is 12.4. The number of rotatable bonds is 4. The van der Waals surface area contributed by atoms with E-state index in [9.17, 15) is 26.3 Å². The molecule has 8 rings (SSSR count). The van der Waals surface area contributed by atoms with E-state index in [0.717, 1.165) is 90.0 Å². The molecule has 0 aliphatic carbocycles. The van der Waals surface area contributed by atoms with Crippen LogP contribution < -0.4 is 0 Å². The monoisotopic (exact) mass is 642 g/mol. The third kappa shape index (κ3) is 4.96. The second-order valence-electron chi connectivity index (χ2n) is 11.9. The van der Waals surface area contributed by atoms with E-state index in [1.54, 1.807) is 0 Å². The average molecular weight is 643 g/mol. The predicted octanol–water partition coefficient (Wildman–Crippen LogP) is 13.3. The highest BCUT2D eigenvalue weighted by molar-refractivity contribution is 6.31. The highest BCUT2D eigenvalue weighted by Gasteiger charge is 2.31. The first-order valence-corrected chi connectivity index (χ1v) is 15.3. The molecular formula is C42H24F6. The molecule has 0 heterocycles. The third-order valence-electron chi connectivity index (χ3n) is 9.11. The second-order valence-corrected chi connectivity index (χ2v) is 11.9. The van der Waals surface area contributed by atoms with Crippen LogP contribution in [-0.4, -0.2) is 0 Å². The van der Waals surface area contributed by atoms with Gasteiger partial charge in [-0.15, -0.1) is 0 Å². The van der Waals surface area contributed by atoms with Gasteiger partial charge in [0.05, 0.1) is 11.1 Å². The number of benzene rings is 8. The maximum atomic E-state index is 13.5. The van der Waals surface area contributed by atoms with Gasteiger partial charge < -0.3 is 0 Å². The molecular weight excluding hydrogens is 618 g/mol. The number of alkyl halides is 6. The summed E-state index contributed by atoms with van der Waals surface area (Å²) in [7, 11) is 0. The molecule has 8 aromatic carbocycles. The molecule has 0 fully saturated rings. The Bertz CT molecular complexity index is 2250. The van der Waals surface area contributed by atoms with Crippen molar-refractivity contribution >= 4 is 32.3 Å². The molecule has 0 saturated heterocycles. The highest BCUT2D eigenvalue weighted by Crippen LogP contribution is 2.48. The third-order valence-corrected chi connectivity index (χ3v) is 9.11. The molecule has 0 N–H and O–H groups in total. The Balaban J connectivity index is 1.50. The van der Waals surface area contributed by atoms with Crippen molar-refractivity contribution in [1.82, 2.24) is 0 Å². The Hall–Kier alpha value is -5.62. The fourth-order valence-electron chi connectivity index (χ4n) is 6.86. The number of hydrogen-bond donors (Lipinski definition) is 0. The fraction of sp³-hybridized carbons (Fsp3) is 0.0476. The minimum Gasteiger partial charge on any atom is -0.166 e. The molecule has 0 unspecified atom stereocenters. The average Bonchev–Trinajstić information content (AvgIpc) is 3.10. The Kier molecular flexibility index (Phi) is 6.81. The first-order valence-electron chi connectivity index (χ1n) is 15.3. The van der Waals surface area contributed by atoms with Crippen molar-refractivity contribution in [1.29, 1.82) is 0 Å². The van der Waals surface area contributed by atoms with Gasteiger partial charge in [-0.05, 0) is 113 Å². The molecule has 0 bridgehead atoms. The van der Waals surface area contributed by atoms with Crippen LogP contribution in [-0.2, 0) is 12.4 Å². The Morgan fingerprint density at radius 2 is 0.562 bits per heavy atom. The van der Waals surface area contributed by atoms with Gasteiger partial charge in [-0.3, -0.25) is 0 Å². The van der Waals surface area contributed by atoms with Gasteiger partial charge in [0, 0.05) is 0 Å². The molecule has 0 aromatic heterocycles. The van der Waals surface area contributed by atoms with Gasteiger partial charge in [0.2, 0.25) is 0 Å². The van der Waals surface area contributed by atoms with E-state index in [1.807, 2.05) is 97.1 Å². The minimum absolute atomic E-state index is 0.643. The predicted molar refractivity (Wildman–Crippen MR) is 182 cm³/mol. The van der Waals surface area contributed by atoms with Crippen molar-refractivity contribution < 1.29 is 26.3 Å². The zero-order valence-electron chi connectivity index (χ0n) is 25.1. The molecule has 6 heteroatoms. The Labute approximate surface area is 271 Å². The lowest BCUT2D eigenvalue weighted by atomic mass is 9.82. The molecule has 0 aliphatic rings. The molecule has 0 spiro atoms. The summed E-state index contributed by atoms with van der Waals surface area (Å²) < 4.78 is 81.1. The maximum Gasteiger partial charge on any atom is 0.416 e. The zero-order chi connectivity index (χ0) is 33.2. The summed E-state index contributed by atoms with van der Waals surface area (Å²) in [6.45, 7) is 0. The SMILES string of the molecule is FC(F)(F)c1ccc(-c2cc(-c3ccccc3)c3ccc4c(-c5ccc(C(F)(F)F)cc5)cc(-c5ccccc5)c5ccc2c3c54)cc1. The molecule has 48 heavy (non-hydrogen) atoms. The summed E-state index contributed by atoms with van der Waals surface area (Å²) in [6.07, 6.45) is -8.92. The molecule has 0 nitrogen and oxygen atoms in total. The zero-order valence-corrected chi connectivity index (χ0v) is 25.1. The molecule has 0 atom stereocenters. The molecule has 0 saturated carbocycles. The van der Waals surface area contributed by atoms with E-state index in [-0.39, 0.29) is 0 Å². The van der Waals surface area contributed by atoms with Crippen LogP contribution in [0.5, 0.6) is 0 Å². The summed E-state index contributed by atoms with van der Waals surface area (Å²) in [5.41, 5.74) is 5.17. The standard InChI is InChI=1S/C42H24F6/c43-41(44,45)29-15-11-27(12-16-29)37-23-35(25-7-3-1-4-8-25)31-19-21-34-38(28-13-17-30(18-14-28)42(46,47)48)24-36(26-9-5-2-6-10-26)32-20-22-33(37)39(31)40(32)34/h1-24H. The second kappa shape index (κ2) is 11.0. The van der Waals surface area contributed by atoms with E-state index in [4.69, 9.17) is 0 Å². The lowest BCUT2D eigenvalue weighted by Gasteiger charge is -2.21. The van der Waals surface area contributed by atoms with Crippen LogP contribution >= 0.6 is 0 Å². The molecule has 0 amide bonds. The quantitative estimate of drug-likeness (QED) is 0.132. The smallest absolute Gasteiger partial charge is 0.166 e. The largest absolute Gasteiger partial charge is 0.416 e. The lowest BCUT2D eigenvalue weighted by Crippen LogP contribution is -2.04. The van der Waals surface area contributed by atoms with Crippen LogP contribution in [0, 0.1) is 0 Å². The summed E-state index contributed by atoms with van der Waals surface area (Å²) in [5, 5.41) is 5.54. The Morgan fingerprint density at radius 3 is 0.833 bits per heavy atom. The van der Waals surface area contributed by atoms with Crippen LogP contribution in [0.25, 0.3) is 76.8 Å².